The zero-order valence-electron chi connectivity index (χ0n) is 17.4. The van der Waals surface area contributed by atoms with Crippen molar-refractivity contribution in [1.29, 1.82) is 0 Å². The van der Waals surface area contributed by atoms with Crippen LogP contribution < -0.4 is 0 Å². The maximum atomic E-state index is 6.43. The van der Waals surface area contributed by atoms with Gasteiger partial charge in [-0.1, -0.05) is 48.0 Å². The van der Waals surface area contributed by atoms with E-state index in [0.29, 0.717) is 5.92 Å². The summed E-state index contributed by atoms with van der Waals surface area (Å²) >= 11 is 6.43. The molecule has 0 bridgehead atoms. The van der Waals surface area contributed by atoms with E-state index in [-0.39, 0.29) is 0 Å². The first-order valence-corrected chi connectivity index (χ1v) is 10.9. The maximum absolute atomic E-state index is 6.43. The molecule has 0 aliphatic carbocycles. The molecule has 2 aromatic carbocycles. The predicted molar refractivity (Wildman–Crippen MR) is 122 cm³/mol. The normalized spacial score (nSPS) is 15.8. The van der Waals surface area contributed by atoms with Gasteiger partial charge < -0.3 is 0 Å². The molecule has 1 saturated heterocycles. The van der Waals surface area contributed by atoms with Crippen molar-refractivity contribution in [1.82, 2.24) is 24.9 Å². The number of H-pyrrole nitrogens is 1. The number of likely N-dealkylation sites (tertiary alicyclic amines) is 1. The second-order valence-corrected chi connectivity index (χ2v) is 8.65. The monoisotopic (exact) mass is 419 g/mol. The number of rotatable bonds is 4. The van der Waals surface area contributed by atoms with Gasteiger partial charge >= 0.3 is 0 Å². The van der Waals surface area contributed by atoms with Gasteiger partial charge in [-0.25, -0.2) is 0 Å². The summed E-state index contributed by atoms with van der Waals surface area (Å²) in [7, 11) is 1.90. The van der Waals surface area contributed by atoms with E-state index in [9.17, 15) is 0 Å². The Morgan fingerprint density at radius 1 is 1.10 bits per heavy atom. The second kappa shape index (κ2) is 7.89. The van der Waals surface area contributed by atoms with Crippen LogP contribution in [-0.4, -0.2) is 38.0 Å². The van der Waals surface area contributed by atoms with E-state index in [1.807, 2.05) is 20.2 Å². The van der Waals surface area contributed by atoms with E-state index in [2.05, 4.69) is 62.7 Å². The highest BCUT2D eigenvalue weighted by Gasteiger charge is 2.26. The third kappa shape index (κ3) is 3.53. The van der Waals surface area contributed by atoms with Crippen molar-refractivity contribution < 1.29 is 0 Å². The molecule has 1 aliphatic heterocycles. The number of hydrogen-bond acceptors (Lipinski definition) is 3. The van der Waals surface area contributed by atoms with Crippen molar-refractivity contribution in [3.63, 3.8) is 0 Å². The molecule has 1 fully saturated rings. The maximum Gasteiger partial charge on any atom is 0.131 e. The highest BCUT2D eigenvalue weighted by Crippen LogP contribution is 2.35. The number of aromatic amines is 1. The molecule has 6 heteroatoms. The van der Waals surface area contributed by atoms with Crippen molar-refractivity contribution in [3.8, 4) is 11.1 Å². The van der Waals surface area contributed by atoms with E-state index >= 15 is 0 Å². The predicted octanol–water partition coefficient (Wildman–Crippen LogP) is 5.30. The molecular weight excluding hydrogens is 394 g/mol. The Morgan fingerprint density at radius 2 is 1.87 bits per heavy atom. The van der Waals surface area contributed by atoms with Crippen LogP contribution in [0.3, 0.4) is 0 Å². The lowest BCUT2D eigenvalue weighted by Gasteiger charge is -2.32. The zero-order chi connectivity index (χ0) is 20.7. The molecule has 4 aromatic rings. The molecule has 0 atom stereocenters. The Morgan fingerprint density at radius 3 is 2.60 bits per heavy atom. The number of benzene rings is 2. The Bertz CT molecular complexity index is 1180. The highest BCUT2D eigenvalue weighted by atomic mass is 35.5. The molecule has 154 valence electrons. The topological polar surface area (TPSA) is 49.7 Å². The summed E-state index contributed by atoms with van der Waals surface area (Å²) in [4.78, 5) is 2.48. The van der Waals surface area contributed by atoms with Crippen molar-refractivity contribution in [3.05, 3.63) is 70.8 Å². The van der Waals surface area contributed by atoms with Crippen LogP contribution in [0, 0.1) is 6.92 Å². The standard InChI is InChI=1S/C24H26ClN5/c1-16-22(24(25)29(2)28-16)15-30-11-9-18(10-12-30)23-21(14-26-27-23)20-8-7-17-5-3-4-6-19(17)13-20/h3-8,13-14,18H,9-12,15H2,1-2H3,(H,26,27). The molecule has 1 aliphatic rings. The molecule has 3 heterocycles. The summed E-state index contributed by atoms with van der Waals surface area (Å²) in [5, 5.41) is 15.4. The lowest BCUT2D eigenvalue weighted by molar-refractivity contribution is 0.203. The summed E-state index contributed by atoms with van der Waals surface area (Å²) in [6.07, 6.45) is 4.20. The summed E-state index contributed by atoms with van der Waals surface area (Å²) in [6, 6.07) is 15.2. The van der Waals surface area contributed by atoms with E-state index in [4.69, 9.17) is 11.6 Å². The number of aromatic nitrogens is 4. The Labute approximate surface area is 181 Å². The van der Waals surface area contributed by atoms with Crippen LogP contribution in [0.15, 0.2) is 48.7 Å². The van der Waals surface area contributed by atoms with Crippen LogP contribution in [0.4, 0.5) is 0 Å². The number of halogens is 1. The minimum absolute atomic E-state index is 0.496. The first-order valence-electron chi connectivity index (χ1n) is 10.5. The van der Waals surface area contributed by atoms with Crippen molar-refractivity contribution in [2.75, 3.05) is 13.1 Å². The van der Waals surface area contributed by atoms with Gasteiger partial charge in [0.05, 0.1) is 11.9 Å². The molecular formula is C24H26ClN5. The fourth-order valence-electron chi connectivity index (χ4n) is 4.65. The van der Waals surface area contributed by atoms with Gasteiger partial charge in [-0.15, -0.1) is 0 Å². The fraction of sp³-hybridized carbons (Fsp3) is 0.333. The number of hydrogen-bond donors (Lipinski definition) is 1. The zero-order valence-corrected chi connectivity index (χ0v) is 18.2. The smallest absolute Gasteiger partial charge is 0.131 e. The Balaban J connectivity index is 1.32. The second-order valence-electron chi connectivity index (χ2n) is 8.29. The van der Waals surface area contributed by atoms with Gasteiger partial charge in [-0.05, 0) is 55.3 Å². The third-order valence-corrected chi connectivity index (χ3v) is 6.85. The van der Waals surface area contributed by atoms with Crippen LogP contribution in [0.5, 0.6) is 0 Å². The Kier molecular flexibility index (Phi) is 5.09. The summed E-state index contributed by atoms with van der Waals surface area (Å²) in [6.45, 7) is 5.00. The molecule has 2 aromatic heterocycles. The Hall–Kier alpha value is -2.63. The SMILES string of the molecule is Cc1nn(C)c(Cl)c1CN1CCC(c2[nH]ncc2-c2ccc3ccccc3c2)CC1. The largest absolute Gasteiger partial charge is 0.299 e. The van der Waals surface area contributed by atoms with Gasteiger partial charge in [0.15, 0.2) is 0 Å². The molecule has 0 spiro atoms. The summed E-state index contributed by atoms with van der Waals surface area (Å²) in [5.41, 5.74) is 5.90. The minimum atomic E-state index is 0.496. The first-order chi connectivity index (χ1) is 14.6. The van der Waals surface area contributed by atoms with Crippen LogP contribution in [-0.2, 0) is 13.6 Å². The third-order valence-electron chi connectivity index (χ3n) is 6.38. The molecule has 0 saturated carbocycles. The van der Waals surface area contributed by atoms with E-state index < -0.39 is 0 Å². The van der Waals surface area contributed by atoms with Crippen LogP contribution in [0.2, 0.25) is 5.15 Å². The van der Waals surface area contributed by atoms with Crippen molar-refractivity contribution in [2.45, 2.75) is 32.2 Å². The molecule has 0 radical (unpaired) electrons. The molecule has 30 heavy (non-hydrogen) atoms. The number of fused-ring (bicyclic) bond motifs is 1. The molecule has 0 unspecified atom stereocenters. The average Bonchev–Trinajstić information content (AvgIpc) is 3.35. The average molecular weight is 420 g/mol. The molecule has 5 nitrogen and oxygen atoms in total. The molecule has 0 amide bonds. The van der Waals surface area contributed by atoms with Gasteiger partial charge in [-0.2, -0.15) is 10.2 Å². The van der Waals surface area contributed by atoms with Gasteiger partial charge in [0.25, 0.3) is 0 Å². The summed E-state index contributed by atoms with van der Waals surface area (Å²) in [5.74, 6) is 0.496. The van der Waals surface area contributed by atoms with Gasteiger partial charge in [0.2, 0.25) is 0 Å². The van der Waals surface area contributed by atoms with Crippen LogP contribution in [0.25, 0.3) is 21.9 Å². The van der Waals surface area contributed by atoms with Crippen molar-refractivity contribution in [2.24, 2.45) is 7.05 Å². The number of nitrogens with zero attached hydrogens (tertiary/aromatic N) is 4. The van der Waals surface area contributed by atoms with Gasteiger partial charge in [0, 0.05) is 36.3 Å². The van der Waals surface area contributed by atoms with Gasteiger partial charge in [0.1, 0.15) is 5.15 Å². The number of nitrogens with one attached hydrogen (secondary N) is 1. The number of piperidine rings is 1. The van der Waals surface area contributed by atoms with Crippen LogP contribution >= 0.6 is 11.6 Å². The van der Waals surface area contributed by atoms with E-state index in [1.54, 1.807) is 4.68 Å². The first kappa shape index (κ1) is 19.3. The molecule has 5 rings (SSSR count). The van der Waals surface area contributed by atoms with Crippen LogP contribution in [0.1, 0.15) is 35.7 Å². The van der Waals surface area contributed by atoms with Gasteiger partial charge in [-0.3, -0.25) is 14.7 Å². The highest BCUT2D eigenvalue weighted by molar-refractivity contribution is 6.30. The van der Waals surface area contributed by atoms with E-state index in [0.717, 1.165) is 48.9 Å². The fourth-order valence-corrected chi connectivity index (χ4v) is 4.89. The molecule has 1 N–H and O–H groups in total. The quantitative estimate of drug-likeness (QED) is 0.488. The lowest BCUT2D eigenvalue weighted by Crippen LogP contribution is -2.32. The summed E-state index contributed by atoms with van der Waals surface area (Å²) < 4.78 is 1.76. The van der Waals surface area contributed by atoms with E-state index in [1.165, 1.54) is 27.6 Å². The number of aryl methyl sites for hydroxylation is 2. The van der Waals surface area contributed by atoms with Crippen molar-refractivity contribution >= 4 is 22.4 Å². The lowest BCUT2D eigenvalue weighted by atomic mass is 9.89. The minimum Gasteiger partial charge on any atom is -0.299 e.